The standard InChI is InChI=1S/C8H14F2N2O/c9-8(10)2-1-5(4-8)6(11)3-7(12)13/h5-6H,1-4,11H2,(H2,12,13)/t5?,6-/m1/s1. The molecule has 0 spiro atoms. The molecule has 5 heteroatoms. The molecule has 76 valence electrons. The molecule has 1 aliphatic rings. The average Bonchev–Trinajstić information content (AvgIpc) is 2.28. The number of hydrogen-bond acceptors (Lipinski definition) is 2. The molecule has 0 heterocycles. The predicted octanol–water partition coefficient (Wildman–Crippen LogP) is 0.624. The van der Waals surface area contributed by atoms with E-state index in [1.807, 2.05) is 0 Å². The zero-order chi connectivity index (χ0) is 10.1. The number of carbonyl (C=O) groups is 1. The first kappa shape index (κ1) is 10.4. The summed E-state index contributed by atoms with van der Waals surface area (Å²) >= 11 is 0. The van der Waals surface area contributed by atoms with Gasteiger partial charge in [0.15, 0.2) is 0 Å². The lowest BCUT2D eigenvalue weighted by atomic mass is 9.96. The topological polar surface area (TPSA) is 69.1 Å². The highest BCUT2D eigenvalue weighted by Crippen LogP contribution is 2.40. The zero-order valence-corrected chi connectivity index (χ0v) is 7.30. The minimum atomic E-state index is -2.60. The highest BCUT2D eigenvalue weighted by atomic mass is 19.3. The van der Waals surface area contributed by atoms with Gasteiger partial charge in [-0.3, -0.25) is 4.79 Å². The maximum absolute atomic E-state index is 12.7. The van der Waals surface area contributed by atoms with Crippen molar-refractivity contribution < 1.29 is 13.6 Å². The van der Waals surface area contributed by atoms with E-state index in [0.29, 0.717) is 6.42 Å². The lowest BCUT2D eigenvalue weighted by molar-refractivity contribution is -0.118. The van der Waals surface area contributed by atoms with Crippen LogP contribution in [0, 0.1) is 5.92 Å². The van der Waals surface area contributed by atoms with Crippen LogP contribution in [0.15, 0.2) is 0 Å². The molecule has 1 saturated carbocycles. The molecule has 0 aliphatic heterocycles. The van der Waals surface area contributed by atoms with E-state index < -0.39 is 17.9 Å². The van der Waals surface area contributed by atoms with Gasteiger partial charge >= 0.3 is 0 Å². The minimum Gasteiger partial charge on any atom is -0.370 e. The van der Waals surface area contributed by atoms with Crippen LogP contribution in [0.2, 0.25) is 0 Å². The molecule has 3 nitrogen and oxygen atoms in total. The third-order valence-electron chi connectivity index (χ3n) is 2.48. The third-order valence-corrected chi connectivity index (χ3v) is 2.48. The van der Waals surface area contributed by atoms with Crippen molar-refractivity contribution in [1.82, 2.24) is 0 Å². The van der Waals surface area contributed by atoms with Gasteiger partial charge in [-0.15, -0.1) is 0 Å². The van der Waals surface area contributed by atoms with Gasteiger partial charge in [-0.05, 0) is 12.3 Å². The number of hydrogen-bond donors (Lipinski definition) is 2. The molecule has 2 atom stereocenters. The monoisotopic (exact) mass is 192 g/mol. The van der Waals surface area contributed by atoms with Crippen LogP contribution in [0.3, 0.4) is 0 Å². The quantitative estimate of drug-likeness (QED) is 0.688. The lowest BCUT2D eigenvalue weighted by Crippen LogP contribution is -2.34. The fourth-order valence-electron chi connectivity index (χ4n) is 1.75. The van der Waals surface area contributed by atoms with Gasteiger partial charge in [-0.2, -0.15) is 0 Å². The summed E-state index contributed by atoms with van der Waals surface area (Å²) in [5.74, 6) is -3.38. The molecule has 1 amide bonds. The van der Waals surface area contributed by atoms with Crippen molar-refractivity contribution in [1.29, 1.82) is 0 Å². The Morgan fingerprint density at radius 1 is 1.62 bits per heavy atom. The molecule has 0 aromatic heterocycles. The second kappa shape index (κ2) is 3.57. The predicted molar refractivity (Wildman–Crippen MR) is 44.1 cm³/mol. The van der Waals surface area contributed by atoms with Crippen molar-refractivity contribution in [3.63, 3.8) is 0 Å². The fraction of sp³-hybridized carbons (Fsp3) is 0.875. The van der Waals surface area contributed by atoms with Gasteiger partial charge in [0.2, 0.25) is 11.8 Å². The highest BCUT2D eigenvalue weighted by Gasteiger charge is 2.41. The Morgan fingerprint density at radius 2 is 2.23 bits per heavy atom. The Morgan fingerprint density at radius 3 is 2.62 bits per heavy atom. The summed E-state index contributed by atoms with van der Waals surface area (Å²) in [6.07, 6.45) is 0.0633. The Kier molecular flexibility index (Phi) is 2.85. The Balaban J connectivity index is 2.42. The number of alkyl halides is 2. The van der Waals surface area contributed by atoms with E-state index in [2.05, 4.69) is 0 Å². The van der Waals surface area contributed by atoms with E-state index in [1.165, 1.54) is 0 Å². The second-order valence-electron chi connectivity index (χ2n) is 3.69. The average molecular weight is 192 g/mol. The fourth-order valence-corrected chi connectivity index (χ4v) is 1.75. The first-order valence-electron chi connectivity index (χ1n) is 4.32. The van der Waals surface area contributed by atoms with Gasteiger partial charge in [-0.1, -0.05) is 0 Å². The molecule has 1 fully saturated rings. The first-order chi connectivity index (χ1) is 5.91. The molecule has 1 unspecified atom stereocenters. The van der Waals surface area contributed by atoms with Crippen molar-refractivity contribution in [2.24, 2.45) is 17.4 Å². The molecule has 0 bridgehead atoms. The Hall–Kier alpha value is -0.710. The number of rotatable bonds is 3. The number of halogens is 2. The van der Waals surface area contributed by atoms with Crippen LogP contribution in [-0.2, 0) is 4.79 Å². The molecular formula is C8H14F2N2O. The maximum atomic E-state index is 12.7. The molecule has 1 rings (SSSR count). The van der Waals surface area contributed by atoms with E-state index in [4.69, 9.17) is 11.5 Å². The molecule has 0 aromatic carbocycles. The van der Waals surface area contributed by atoms with Crippen molar-refractivity contribution in [3.8, 4) is 0 Å². The van der Waals surface area contributed by atoms with E-state index >= 15 is 0 Å². The van der Waals surface area contributed by atoms with Crippen molar-refractivity contribution >= 4 is 5.91 Å². The maximum Gasteiger partial charge on any atom is 0.248 e. The van der Waals surface area contributed by atoms with E-state index in [9.17, 15) is 13.6 Å². The summed E-state index contributed by atoms with van der Waals surface area (Å²) in [6.45, 7) is 0. The van der Waals surface area contributed by atoms with Crippen LogP contribution in [0.4, 0.5) is 8.78 Å². The number of amides is 1. The van der Waals surface area contributed by atoms with Crippen molar-refractivity contribution in [3.05, 3.63) is 0 Å². The molecule has 4 N–H and O–H groups in total. The Labute approximate surface area is 75.5 Å². The van der Waals surface area contributed by atoms with Crippen LogP contribution in [0.1, 0.15) is 25.7 Å². The molecule has 0 saturated heterocycles. The third kappa shape index (κ3) is 2.91. The van der Waals surface area contributed by atoms with Crippen molar-refractivity contribution in [2.75, 3.05) is 0 Å². The van der Waals surface area contributed by atoms with Gasteiger partial charge in [0.05, 0.1) is 0 Å². The van der Waals surface area contributed by atoms with Gasteiger partial charge in [0, 0.05) is 25.3 Å². The van der Waals surface area contributed by atoms with E-state index in [-0.39, 0.29) is 25.2 Å². The van der Waals surface area contributed by atoms with Crippen LogP contribution in [-0.4, -0.2) is 17.9 Å². The second-order valence-corrected chi connectivity index (χ2v) is 3.69. The van der Waals surface area contributed by atoms with E-state index in [1.54, 1.807) is 0 Å². The van der Waals surface area contributed by atoms with Crippen LogP contribution < -0.4 is 11.5 Å². The zero-order valence-electron chi connectivity index (χ0n) is 7.30. The van der Waals surface area contributed by atoms with Gasteiger partial charge in [0.1, 0.15) is 0 Å². The molecule has 0 radical (unpaired) electrons. The number of primary amides is 1. The summed E-state index contributed by atoms with van der Waals surface area (Å²) in [5, 5.41) is 0. The van der Waals surface area contributed by atoms with E-state index in [0.717, 1.165) is 0 Å². The largest absolute Gasteiger partial charge is 0.370 e. The molecule has 0 aromatic rings. The smallest absolute Gasteiger partial charge is 0.248 e. The molecule has 1 aliphatic carbocycles. The Bertz CT molecular complexity index is 208. The summed E-state index contributed by atoms with van der Waals surface area (Å²) in [5.41, 5.74) is 10.5. The van der Waals surface area contributed by atoms with Crippen LogP contribution in [0.25, 0.3) is 0 Å². The normalized spacial score (nSPS) is 28.7. The summed E-state index contributed by atoms with van der Waals surface area (Å²) < 4.78 is 25.4. The number of nitrogens with two attached hydrogens (primary N) is 2. The summed E-state index contributed by atoms with van der Waals surface area (Å²) in [6, 6.07) is -0.508. The van der Waals surface area contributed by atoms with Gasteiger partial charge in [-0.25, -0.2) is 8.78 Å². The van der Waals surface area contributed by atoms with Crippen LogP contribution >= 0.6 is 0 Å². The molecular weight excluding hydrogens is 178 g/mol. The first-order valence-corrected chi connectivity index (χ1v) is 4.32. The summed E-state index contributed by atoms with van der Waals surface area (Å²) in [7, 11) is 0. The van der Waals surface area contributed by atoms with Gasteiger partial charge < -0.3 is 11.5 Å². The van der Waals surface area contributed by atoms with Gasteiger partial charge in [0.25, 0.3) is 0 Å². The van der Waals surface area contributed by atoms with Crippen molar-refractivity contribution in [2.45, 2.75) is 37.6 Å². The lowest BCUT2D eigenvalue weighted by Gasteiger charge is -2.17. The highest BCUT2D eigenvalue weighted by molar-refractivity contribution is 5.74. The molecule has 13 heavy (non-hydrogen) atoms. The number of carbonyl (C=O) groups excluding carboxylic acids is 1. The van der Waals surface area contributed by atoms with Crippen LogP contribution in [0.5, 0.6) is 0 Å². The minimum absolute atomic E-state index is 0.000741. The summed E-state index contributed by atoms with van der Waals surface area (Å²) in [4.78, 5) is 10.5. The SMILES string of the molecule is NC(=O)C[C@@H](N)C1CCC(F)(F)C1.